The molecule has 6 nitrogen and oxygen atoms in total. The van der Waals surface area contributed by atoms with Crippen molar-refractivity contribution in [3.8, 4) is 11.5 Å². The Morgan fingerprint density at radius 1 is 1.04 bits per heavy atom. The summed E-state index contributed by atoms with van der Waals surface area (Å²) >= 11 is 17.5. The van der Waals surface area contributed by atoms with Gasteiger partial charge in [0.2, 0.25) is 0 Å². The number of halogens is 3. The van der Waals surface area contributed by atoms with Crippen molar-refractivity contribution in [2.24, 2.45) is 0 Å². The van der Waals surface area contributed by atoms with Crippen LogP contribution in [-0.2, 0) is 4.74 Å². The SMILES string of the molecule is COc1ccc(C(=O)COC(=O)c2ncc(Cl)c(Cl)c2Cl)cc1OC. The summed E-state index contributed by atoms with van der Waals surface area (Å²) in [7, 11) is 2.93. The minimum absolute atomic E-state index is 0.0171. The molecule has 0 N–H and O–H groups in total. The Labute approximate surface area is 158 Å². The lowest BCUT2D eigenvalue weighted by Crippen LogP contribution is -2.16. The van der Waals surface area contributed by atoms with E-state index in [2.05, 4.69) is 4.98 Å². The molecular formula is C16H12Cl3NO5. The number of hydrogen-bond donors (Lipinski definition) is 0. The molecule has 25 heavy (non-hydrogen) atoms. The first-order chi connectivity index (χ1) is 11.9. The lowest BCUT2D eigenvalue weighted by atomic mass is 10.1. The smallest absolute Gasteiger partial charge is 0.358 e. The second-order valence-electron chi connectivity index (χ2n) is 4.65. The third-order valence-corrected chi connectivity index (χ3v) is 4.39. The number of Topliss-reactive ketones (excluding diaryl/α,β-unsaturated/α-hetero) is 1. The molecule has 9 heteroatoms. The Kier molecular flexibility index (Phi) is 6.47. The quantitative estimate of drug-likeness (QED) is 0.533. The predicted molar refractivity (Wildman–Crippen MR) is 93.4 cm³/mol. The molecule has 2 aromatic rings. The molecule has 0 aliphatic heterocycles. The molecule has 0 saturated heterocycles. The number of ketones is 1. The van der Waals surface area contributed by atoms with Crippen LogP contribution in [0.4, 0.5) is 0 Å². The molecule has 0 aliphatic carbocycles. The summed E-state index contributed by atoms with van der Waals surface area (Å²) in [6.45, 7) is -0.507. The van der Waals surface area contributed by atoms with Crippen LogP contribution in [0.15, 0.2) is 24.4 Å². The molecule has 132 valence electrons. The van der Waals surface area contributed by atoms with E-state index in [-0.39, 0.29) is 20.8 Å². The van der Waals surface area contributed by atoms with E-state index in [0.717, 1.165) is 0 Å². The zero-order chi connectivity index (χ0) is 18.6. The zero-order valence-electron chi connectivity index (χ0n) is 13.1. The van der Waals surface area contributed by atoms with Gasteiger partial charge in [-0.2, -0.15) is 0 Å². The standard InChI is InChI=1S/C16H12Cl3NO5/c1-23-11-4-3-8(5-12(11)24-2)10(21)7-25-16(22)15-14(19)13(18)9(17)6-20-15/h3-6H,7H2,1-2H3. The number of nitrogens with zero attached hydrogens (tertiary/aromatic N) is 1. The fourth-order valence-electron chi connectivity index (χ4n) is 1.88. The van der Waals surface area contributed by atoms with Gasteiger partial charge in [-0.05, 0) is 18.2 Å². The molecule has 0 amide bonds. The monoisotopic (exact) mass is 403 g/mol. The van der Waals surface area contributed by atoms with Crippen molar-refractivity contribution in [1.29, 1.82) is 0 Å². The van der Waals surface area contributed by atoms with Crippen LogP contribution in [0.5, 0.6) is 11.5 Å². The van der Waals surface area contributed by atoms with E-state index in [1.165, 1.54) is 32.5 Å². The molecule has 2 rings (SSSR count). The molecule has 0 spiro atoms. The highest BCUT2D eigenvalue weighted by Crippen LogP contribution is 2.31. The molecule has 0 fully saturated rings. The highest BCUT2D eigenvalue weighted by Gasteiger charge is 2.20. The van der Waals surface area contributed by atoms with Crippen molar-refractivity contribution < 1.29 is 23.8 Å². The van der Waals surface area contributed by atoms with Gasteiger partial charge in [0.15, 0.2) is 29.6 Å². The average molecular weight is 405 g/mol. The summed E-state index contributed by atoms with van der Waals surface area (Å²) in [5.41, 5.74) is 0.0647. The molecule has 1 heterocycles. The topological polar surface area (TPSA) is 74.7 Å². The van der Waals surface area contributed by atoms with Gasteiger partial charge in [-0.15, -0.1) is 0 Å². The largest absolute Gasteiger partial charge is 0.493 e. The molecule has 1 aromatic heterocycles. The Morgan fingerprint density at radius 2 is 1.72 bits per heavy atom. The predicted octanol–water partition coefficient (Wildman–Crippen LogP) is 4.10. The van der Waals surface area contributed by atoms with Crippen LogP contribution in [-0.4, -0.2) is 37.6 Å². The third kappa shape index (κ3) is 4.34. The van der Waals surface area contributed by atoms with Crippen LogP contribution in [0.25, 0.3) is 0 Å². The fraction of sp³-hybridized carbons (Fsp3) is 0.188. The molecule has 1 aromatic carbocycles. The van der Waals surface area contributed by atoms with Gasteiger partial charge in [0.1, 0.15) is 0 Å². The van der Waals surface area contributed by atoms with Crippen LogP contribution in [0.3, 0.4) is 0 Å². The van der Waals surface area contributed by atoms with Crippen molar-refractivity contribution in [3.05, 3.63) is 50.7 Å². The van der Waals surface area contributed by atoms with Crippen molar-refractivity contribution in [3.63, 3.8) is 0 Å². The molecule has 0 atom stereocenters. The number of pyridine rings is 1. The van der Waals surface area contributed by atoms with E-state index in [1.54, 1.807) is 6.07 Å². The Bertz CT molecular complexity index is 826. The summed E-state index contributed by atoms with van der Waals surface area (Å²) in [6.07, 6.45) is 1.17. The van der Waals surface area contributed by atoms with E-state index in [9.17, 15) is 9.59 Å². The Morgan fingerprint density at radius 3 is 2.36 bits per heavy atom. The van der Waals surface area contributed by atoms with Crippen LogP contribution < -0.4 is 9.47 Å². The summed E-state index contributed by atoms with van der Waals surface area (Å²) in [5, 5.41) is -0.0566. The molecule has 0 bridgehead atoms. The number of carbonyl (C=O) groups excluding carboxylic acids is 2. The second kappa shape index (κ2) is 8.38. The fourth-order valence-corrected chi connectivity index (χ4v) is 2.44. The Balaban J connectivity index is 2.10. The van der Waals surface area contributed by atoms with Crippen molar-refractivity contribution in [1.82, 2.24) is 4.98 Å². The van der Waals surface area contributed by atoms with Gasteiger partial charge in [-0.3, -0.25) is 4.79 Å². The molecule has 0 radical (unpaired) electrons. The number of aromatic nitrogens is 1. The normalized spacial score (nSPS) is 10.3. The molecule has 0 unspecified atom stereocenters. The van der Waals surface area contributed by atoms with Crippen LogP contribution in [0, 0.1) is 0 Å². The van der Waals surface area contributed by atoms with E-state index in [4.69, 9.17) is 49.0 Å². The van der Waals surface area contributed by atoms with Gasteiger partial charge in [0.05, 0.1) is 29.3 Å². The lowest BCUT2D eigenvalue weighted by Gasteiger charge is -2.10. The number of esters is 1. The van der Waals surface area contributed by atoms with E-state index in [1.807, 2.05) is 0 Å². The highest BCUT2D eigenvalue weighted by atomic mass is 35.5. The van der Waals surface area contributed by atoms with Gasteiger partial charge in [0, 0.05) is 11.8 Å². The number of ether oxygens (including phenoxy) is 3. The maximum atomic E-state index is 12.2. The van der Waals surface area contributed by atoms with Gasteiger partial charge in [-0.1, -0.05) is 34.8 Å². The first kappa shape index (κ1) is 19.3. The van der Waals surface area contributed by atoms with Crippen molar-refractivity contribution in [2.45, 2.75) is 0 Å². The van der Waals surface area contributed by atoms with E-state index in [0.29, 0.717) is 17.1 Å². The van der Waals surface area contributed by atoms with E-state index >= 15 is 0 Å². The number of carbonyl (C=O) groups is 2. The molecular weight excluding hydrogens is 393 g/mol. The lowest BCUT2D eigenvalue weighted by molar-refractivity contribution is 0.0469. The van der Waals surface area contributed by atoms with Gasteiger partial charge in [0.25, 0.3) is 0 Å². The molecule has 0 aliphatic rings. The van der Waals surface area contributed by atoms with Crippen molar-refractivity contribution in [2.75, 3.05) is 20.8 Å². The minimum atomic E-state index is -0.891. The maximum absolute atomic E-state index is 12.2. The zero-order valence-corrected chi connectivity index (χ0v) is 15.4. The number of rotatable bonds is 6. The van der Waals surface area contributed by atoms with Crippen molar-refractivity contribution >= 4 is 46.6 Å². The third-order valence-electron chi connectivity index (χ3n) is 3.15. The first-order valence-corrected chi connectivity index (χ1v) is 7.94. The van der Waals surface area contributed by atoms with Crippen LogP contribution in [0.2, 0.25) is 15.1 Å². The highest BCUT2D eigenvalue weighted by molar-refractivity contribution is 6.48. The maximum Gasteiger partial charge on any atom is 0.358 e. The summed E-state index contributed by atoms with van der Waals surface area (Å²) < 4.78 is 15.2. The van der Waals surface area contributed by atoms with E-state index < -0.39 is 18.4 Å². The average Bonchev–Trinajstić information content (AvgIpc) is 2.63. The molecule has 0 saturated carbocycles. The van der Waals surface area contributed by atoms with Crippen LogP contribution >= 0.6 is 34.8 Å². The van der Waals surface area contributed by atoms with Gasteiger partial charge >= 0.3 is 5.97 Å². The van der Waals surface area contributed by atoms with Gasteiger partial charge < -0.3 is 14.2 Å². The number of methoxy groups -OCH3 is 2. The minimum Gasteiger partial charge on any atom is -0.493 e. The summed E-state index contributed by atoms with van der Waals surface area (Å²) in [5.74, 6) is -0.473. The van der Waals surface area contributed by atoms with Gasteiger partial charge in [-0.25, -0.2) is 9.78 Å². The summed E-state index contributed by atoms with van der Waals surface area (Å²) in [4.78, 5) is 28.0. The first-order valence-electron chi connectivity index (χ1n) is 6.80. The number of hydrogen-bond acceptors (Lipinski definition) is 6. The van der Waals surface area contributed by atoms with Crippen LogP contribution in [0.1, 0.15) is 20.8 Å². The second-order valence-corrected chi connectivity index (χ2v) is 5.81. The summed E-state index contributed by atoms with van der Waals surface area (Å²) in [6, 6.07) is 4.59. The number of benzene rings is 1. The Hall–Kier alpha value is -2.02.